The standard InChI is InChI=1S/C29H49N3O4/c1-13-20(4)22(30-26(35)36-28(8,9)10)25(34)32(29(11,12)14-2)23(24(33)31-27(5,6)7)21-17-15-19(3)16-18-21/h15-18,20,22-23H,13-14H2,1-12H3,(H,30,35)(H,31,33). The quantitative estimate of drug-likeness (QED) is 0.439. The van der Waals surface area contributed by atoms with Gasteiger partial charge in [-0.1, -0.05) is 57.0 Å². The molecular weight excluding hydrogens is 454 g/mol. The first-order valence-corrected chi connectivity index (χ1v) is 13.0. The summed E-state index contributed by atoms with van der Waals surface area (Å²) in [5, 5.41) is 5.89. The predicted molar refractivity (Wildman–Crippen MR) is 146 cm³/mol. The zero-order valence-electron chi connectivity index (χ0n) is 24.5. The van der Waals surface area contributed by atoms with E-state index in [1.54, 1.807) is 25.7 Å². The van der Waals surface area contributed by atoms with Crippen LogP contribution in [-0.2, 0) is 14.3 Å². The summed E-state index contributed by atoms with van der Waals surface area (Å²) < 4.78 is 5.48. The van der Waals surface area contributed by atoms with Gasteiger partial charge in [0.1, 0.15) is 17.7 Å². The summed E-state index contributed by atoms with van der Waals surface area (Å²) >= 11 is 0. The molecule has 3 amide bonds. The topological polar surface area (TPSA) is 87.7 Å². The lowest BCUT2D eigenvalue weighted by molar-refractivity contribution is -0.151. The fraction of sp³-hybridized carbons (Fsp3) is 0.690. The molecular formula is C29H49N3O4. The van der Waals surface area contributed by atoms with Crippen molar-refractivity contribution in [2.75, 3.05) is 0 Å². The maximum Gasteiger partial charge on any atom is 0.408 e. The van der Waals surface area contributed by atoms with E-state index >= 15 is 0 Å². The number of benzene rings is 1. The normalized spacial score (nSPS) is 14.9. The smallest absolute Gasteiger partial charge is 0.408 e. The molecule has 3 atom stereocenters. The molecule has 7 heteroatoms. The van der Waals surface area contributed by atoms with Crippen molar-refractivity contribution in [3.8, 4) is 0 Å². The first-order valence-electron chi connectivity index (χ1n) is 13.0. The molecule has 0 aliphatic rings. The lowest BCUT2D eigenvalue weighted by Crippen LogP contribution is -2.61. The van der Waals surface area contributed by atoms with Gasteiger partial charge in [-0.2, -0.15) is 0 Å². The Balaban J connectivity index is 3.69. The number of alkyl carbamates (subject to hydrolysis) is 1. The third-order valence-electron chi connectivity index (χ3n) is 6.30. The maximum atomic E-state index is 14.4. The first-order chi connectivity index (χ1) is 16.3. The Morgan fingerprint density at radius 2 is 1.47 bits per heavy atom. The fourth-order valence-corrected chi connectivity index (χ4v) is 3.82. The Kier molecular flexibility index (Phi) is 10.6. The molecule has 0 saturated carbocycles. The minimum atomic E-state index is -0.876. The van der Waals surface area contributed by atoms with Crippen LogP contribution in [0.4, 0.5) is 4.79 Å². The SMILES string of the molecule is CCC(C)C(NC(=O)OC(C)(C)C)C(=O)N(C(C(=O)NC(C)(C)C)c1ccc(C)cc1)C(C)(C)CC. The van der Waals surface area contributed by atoms with Crippen molar-refractivity contribution in [3.63, 3.8) is 0 Å². The van der Waals surface area contributed by atoms with E-state index in [0.717, 1.165) is 11.1 Å². The predicted octanol–water partition coefficient (Wildman–Crippen LogP) is 5.91. The molecule has 0 aliphatic carbocycles. The molecule has 1 aromatic rings. The summed E-state index contributed by atoms with van der Waals surface area (Å²) in [7, 11) is 0. The van der Waals surface area contributed by atoms with E-state index in [1.165, 1.54) is 0 Å². The van der Waals surface area contributed by atoms with Gasteiger partial charge < -0.3 is 20.3 Å². The molecule has 204 valence electrons. The zero-order valence-corrected chi connectivity index (χ0v) is 24.5. The van der Waals surface area contributed by atoms with Crippen molar-refractivity contribution in [2.45, 2.75) is 125 Å². The van der Waals surface area contributed by atoms with E-state index in [9.17, 15) is 14.4 Å². The van der Waals surface area contributed by atoms with Crippen LogP contribution in [0, 0.1) is 12.8 Å². The highest BCUT2D eigenvalue weighted by Crippen LogP contribution is 2.33. The number of hydrogen-bond donors (Lipinski definition) is 2. The van der Waals surface area contributed by atoms with Crippen LogP contribution in [0.25, 0.3) is 0 Å². The molecule has 1 aromatic carbocycles. The average molecular weight is 504 g/mol. The largest absolute Gasteiger partial charge is 0.444 e. The minimum absolute atomic E-state index is 0.176. The van der Waals surface area contributed by atoms with Crippen LogP contribution in [0.3, 0.4) is 0 Å². The Hall–Kier alpha value is -2.57. The van der Waals surface area contributed by atoms with E-state index in [2.05, 4.69) is 10.6 Å². The van der Waals surface area contributed by atoms with Crippen LogP contribution in [0.15, 0.2) is 24.3 Å². The van der Waals surface area contributed by atoms with Crippen molar-refractivity contribution >= 4 is 17.9 Å². The van der Waals surface area contributed by atoms with Gasteiger partial charge in [0.05, 0.1) is 0 Å². The summed E-state index contributed by atoms with van der Waals surface area (Å²) in [4.78, 5) is 42.6. The van der Waals surface area contributed by atoms with Crippen molar-refractivity contribution in [3.05, 3.63) is 35.4 Å². The second kappa shape index (κ2) is 12.1. The van der Waals surface area contributed by atoms with Gasteiger partial charge in [-0.25, -0.2) is 4.79 Å². The molecule has 0 bridgehead atoms. The van der Waals surface area contributed by atoms with Crippen LogP contribution in [0.2, 0.25) is 0 Å². The average Bonchev–Trinajstić information content (AvgIpc) is 2.72. The van der Waals surface area contributed by atoms with E-state index in [1.807, 2.05) is 86.6 Å². The molecule has 0 saturated heterocycles. The molecule has 0 radical (unpaired) electrons. The molecule has 1 rings (SSSR count). The molecule has 36 heavy (non-hydrogen) atoms. The molecule has 0 aromatic heterocycles. The van der Waals surface area contributed by atoms with Crippen LogP contribution in [0.1, 0.15) is 106 Å². The number of ether oxygens (including phenoxy) is 1. The highest BCUT2D eigenvalue weighted by atomic mass is 16.6. The maximum absolute atomic E-state index is 14.4. The van der Waals surface area contributed by atoms with Crippen molar-refractivity contribution in [1.29, 1.82) is 0 Å². The molecule has 0 aliphatic heterocycles. The summed E-state index contributed by atoms with van der Waals surface area (Å²) in [5.41, 5.74) is -0.0889. The lowest BCUT2D eigenvalue weighted by atomic mass is 9.89. The first kappa shape index (κ1) is 31.5. The van der Waals surface area contributed by atoms with E-state index in [-0.39, 0.29) is 17.7 Å². The summed E-state index contributed by atoms with van der Waals surface area (Å²) in [5.74, 6) is -0.748. The monoisotopic (exact) mass is 503 g/mol. The number of carbonyl (C=O) groups is 3. The molecule has 0 spiro atoms. The van der Waals surface area contributed by atoms with Crippen LogP contribution < -0.4 is 10.6 Å². The summed E-state index contributed by atoms with van der Waals surface area (Å²) in [6, 6.07) is 5.95. The van der Waals surface area contributed by atoms with E-state index < -0.39 is 34.9 Å². The Bertz CT molecular complexity index is 895. The number of carbonyl (C=O) groups excluding carboxylic acids is 3. The van der Waals surface area contributed by atoms with Crippen molar-refractivity contribution < 1.29 is 19.1 Å². The zero-order chi connectivity index (χ0) is 28.1. The number of amides is 3. The minimum Gasteiger partial charge on any atom is -0.444 e. The number of nitrogens with one attached hydrogen (secondary N) is 2. The Labute approximate surface area is 218 Å². The third kappa shape index (κ3) is 9.14. The van der Waals surface area contributed by atoms with Crippen molar-refractivity contribution in [2.24, 2.45) is 5.92 Å². The van der Waals surface area contributed by atoms with E-state index in [4.69, 9.17) is 4.74 Å². The van der Waals surface area contributed by atoms with Crippen molar-refractivity contribution in [1.82, 2.24) is 15.5 Å². The summed E-state index contributed by atoms with van der Waals surface area (Å²) in [6.45, 7) is 22.9. The van der Waals surface area contributed by atoms with Gasteiger partial charge in [0.2, 0.25) is 11.8 Å². The lowest BCUT2D eigenvalue weighted by Gasteiger charge is -2.46. The van der Waals surface area contributed by atoms with Gasteiger partial charge in [0.25, 0.3) is 0 Å². The van der Waals surface area contributed by atoms with Crippen LogP contribution in [-0.4, -0.2) is 45.5 Å². The second-order valence-corrected chi connectivity index (χ2v) is 12.4. The van der Waals surface area contributed by atoms with Crippen LogP contribution >= 0.6 is 0 Å². The highest BCUT2D eigenvalue weighted by molar-refractivity contribution is 5.93. The summed E-state index contributed by atoms with van der Waals surface area (Å²) in [6.07, 6.45) is 0.626. The highest BCUT2D eigenvalue weighted by Gasteiger charge is 2.44. The fourth-order valence-electron chi connectivity index (χ4n) is 3.82. The van der Waals surface area contributed by atoms with Gasteiger partial charge >= 0.3 is 6.09 Å². The molecule has 2 N–H and O–H groups in total. The molecule has 0 fully saturated rings. The van der Waals surface area contributed by atoms with Gasteiger partial charge in [-0.3, -0.25) is 9.59 Å². The van der Waals surface area contributed by atoms with Crippen LogP contribution in [0.5, 0.6) is 0 Å². The van der Waals surface area contributed by atoms with Gasteiger partial charge in [-0.05, 0) is 80.2 Å². The van der Waals surface area contributed by atoms with E-state index in [0.29, 0.717) is 12.8 Å². The third-order valence-corrected chi connectivity index (χ3v) is 6.30. The van der Waals surface area contributed by atoms with Gasteiger partial charge in [0, 0.05) is 11.1 Å². The van der Waals surface area contributed by atoms with Gasteiger partial charge in [-0.15, -0.1) is 0 Å². The molecule has 0 heterocycles. The molecule has 7 nitrogen and oxygen atoms in total. The number of hydrogen-bond acceptors (Lipinski definition) is 4. The molecule has 3 unspecified atom stereocenters. The number of nitrogens with zero attached hydrogens (tertiary/aromatic N) is 1. The Morgan fingerprint density at radius 1 is 0.944 bits per heavy atom. The number of rotatable bonds is 9. The number of aryl methyl sites for hydroxylation is 1. The second-order valence-electron chi connectivity index (χ2n) is 12.4. The van der Waals surface area contributed by atoms with Gasteiger partial charge in [0.15, 0.2) is 0 Å². The Morgan fingerprint density at radius 3 is 1.89 bits per heavy atom.